The summed E-state index contributed by atoms with van der Waals surface area (Å²) in [5.74, 6) is -0.594. The second-order valence-electron chi connectivity index (χ2n) is 8.93. The minimum atomic E-state index is -0.796. The number of allylic oxidation sites excluding steroid dienone is 1. The van der Waals surface area contributed by atoms with Crippen molar-refractivity contribution in [3.63, 3.8) is 0 Å². The van der Waals surface area contributed by atoms with Gasteiger partial charge in [-0.2, -0.15) is 0 Å². The summed E-state index contributed by atoms with van der Waals surface area (Å²) in [5.41, 5.74) is 6.86. The van der Waals surface area contributed by atoms with Crippen LogP contribution >= 0.6 is 11.8 Å². The number of β-lactam (4-membered cyclic amide) rings is 1. The standard InChI is InChI=1S/C24H30N4O7S/c1-28(2,18(11-29)21(25)31)10-4-5-16-13-36-23-19(26-14-30)22(32)27(23)20(16)24(33)35-12-15-6-8-17(34-3)9-7-15/h4-9,14,18-19,23,29H,10-13H2,1-3H3,(H2-,25,26,30,31)/p+1/b5-4+/t18-,19-,23+/m1/s1. The number of fused-ring (bicyclic) bond motifs is 1. The lowest BCUT2D eigenvalue weighted by atomic mass is 10.0. The summed E-state index contributed by atoms with van der Waals surface area (Å²) in [5, 5.41) is 11.6. The topological polar surface area (TPSA) is 148 Å². The second kappa shape index (κ2) is 11.6. The van der Waals surface area contributed by atoms with Crippen molar-refractivity contribution in [2.75, 3.05) is 40.1 Å². The van der Waals surface area contributed by atoms with E-state index in [0.29, 0.717) is 30.0 Å². The number of methoxy groups -OCH3 is 1. The van der Waals surface area contributed by atoms with E-state index in [1.807, 2.05) is 0 Å². The molecule has 0 aliphatic carbocycles. The molecule has 0 radical (unpaired) electrons. The van der Waals surface area contributed by atoms with Crippen molar-refractivity contribution in [3.8, 4) is 5.75 Å². The van der Waals surface area contributed by atoms with E-state index in [-0.39, 0.29) is 16.8 Å². The number of nitrogens with one attached hydrogen (secondary N) is 1. The van der Waals surface area contributed by atoms with Crippen LogP contribution < -0.4 is 15.8 Å². The van der Waals surface area contributed by atoms with Gasteiger partial charge in [0.15, 0.2) is 6.04 Å². The molecule has 3 atom stereocenters. The molecule has 12 heteroatoms. The van der Waals surface area contributed by atoms with E-state index in [2.05, 4.69) is 5.32 Å². The molecule has 0 unspecified atom stereocenters. The SMILES string of the molecule is COc1ccc(COC(=O)C2=C(/C=C/C[N+](C)(C)[C@H](CO)C(N)=O)CS[C@H]3[C@H](NC=O)C(=O)N23)cc1. The number of amides is 3. The van der Waals surface area contributed by atoms with Gasteiger partial charge in [0.1, 0.15) is 36.1 Å². The highest BCUT2D eigenvalue weighted by atomic mass is 32.2. The van der Waals surface area contributed by atoms with Crippen LogP contribution in [0.3, 0.4) is 0 Å². The Labute approximate surface area is 213 Å². The molecule has 11 nitrogen and oxygen atoms in total. The number of hydrogen-bond acceptors (Lipinski definition) is 8. The number of aliphatic hydroxyl groups is 1. The third-order valence-corrected chi connectivity index (χ3v) is 7.51. The first-order chi connectivity index (χ1) is 17.1. The summed E-state index contributed by atoms with van der Waals surface area (Å²) in [6, 6.07) is 5.55. The molecule has 2 aliphatic heterocycles. The molecule has 0 saturated carbocycles. The number of carbonyl (C=O) groups is 4. The number of quaternary nitrogens is 1. The lowest BCUT2D eigenvalue weighted by molar-refractivity contribution is -0.900. The Morgan fingerprint density at radius 2 is 2.03 bits per heavy atom. The Hall–Kier alpha value is -3.35. The van der Waals surface area contributed by atoms with E-state index in [1.54, 1.807) is 57.6 Å². The van der Waals surface area contributed by atoms with Gasteiger partial charge in [-0.25, -0.2) is 4.79 Å². The predicted octanol–water partition coefficient (Wildman–Crippen LogP) is -0.499. The lowest BCUT2D eigenvalue weighted by Gasteiger charge is -2.49. The first-order valence-electron chi connectivity index (χ1n) is 11.2. The number of carbonyl (C=O) groups excluding carboxylic acids is 4. The van der Waals surface area contributed by atoms with Crippen LogP contribution in [0.1, 0.15) is 5.56 Å². The maximum Gasteiger partial charge on any atom is 0.355 e. The molecule has 0 spiro atoms. The van der Waals surface area contributed by atoms with Crippen molar-refractivity contribution in [1.29, 1.82) is 0 Å². The van der Waals surface area contributed by atoms with Gasteiger partial charge in [-0.05, 0) is 29.3 Å². The van der Waals surface area contributed by atoms with Crippen LogP contribution in [0, 0.1) is 0 Å². The van der Waals surface area contributed by atoms with Gasteiger partial charge in [-0.3, -0.25) is 19.3 Å². The largest absolute Gasteiger partial charge is 0.497 e. The number of nitrogens with zero attached hydrogens (tertiary/aromatic N) is 2. The number of primary amides is 1. The molecule has 3 rings (SSSR count). The lowest BCUT2D eigenvalue weighted by Crippen LogP contribution is -2.69. The molecule has 1 saturated heterocycles. The summed E-state index contributed by atoms with van der Waals surface area (Å²) < 4.78 is 10.8. The minimum absolute atomic E-state index is 0.000109. The number of benzene rings is 1. The van der Waals surface area contributed by atoms with Crippen molar-refractivity contribution in [2.45, 2.75) is 24.1 Å². The summed E-state index contributed by atoms with van der Waals surface area (Å²) in [6.45, 7) is -0.0597. The third kappa shape index (κ3) is 5.72. The molecule has 1 aromatic carbocycles. The van der Waals surface area contributed by atoms with Crippen molar-refractivity contribution < 1.29 is 38.2 Å². The van der Waals surface area contributed by atoms with Crippen LogP contribution in [0.2, 0.25) is 0 Å². The molecule has 1 fully saturated rings. The van der Waals surface area contributed by atoms with Crippen LogP contribution in [0.4, 0.5) is 0 Å². The van der Waals surface area contributed by atoms with E-state index >= 15 is 0 Å². The molecule has 2 heterocycles. The average molecular weight is 520 g/mol. The van der Waals surface area contributed by atoms with Gasteiger partial charge >= 0.3 is 5.97 Å². The fourth-order valence-corrected chi connectivity index (χ4v) is 5.37. The minimum Gasteiger partial charge on any atom is -0.497 e. The van der Waals surface area contributed by atoms with E-state index < -0.39 is 41.8 Å². The van der Waals surface area contributed by atoms with Crippen LogP contribution in [0.5, 0.6) is 5.75 Å². The molecule has 2 aliphatic rings. The summed E-state index contributed by atoms with van der Waals surface area (Å²) in [7, 11) is 5.08. The number of thioether (sulfide) groups is 1. The van der Waals surface area contributed by atoms with Gasteiger partial charge in [0, 0.05) is 5.75 Å². The first kappa shape index (κ1) is 27.2. The number of rotatable bonds is 12. The number of ether oxygens (including phenoxy) is 2. The van der Waals surface area contributed by atoms with Gasteiger partial charge in [0.25, 0.3) is 11.8 Å². The zero-order valence-electron chi connectivity index (χ0n) is 20.4. The quantitative estimate of drug-likeness (QED) is 0.145. The molecule has 3 amide bonds. The maximum absolute atomic E-state index is 13.2. The summed E-state index contributed by atoms with van der Waals surface area (Å²) >= 11 is 1.42. The normalized spacial score (nSPS) is 20.4. The molecule has 1 aromatic rings. The van der Waals surface area contributed by atoms with Gasteiger partial charge in [0.2, 0.25) is 6.41 Å². The fourth-order valence-electron chi connectivity index (χ4n) is 4.04. The Morgan fingerprint density at radius 3 is 2.61 bits per heavy atom. The van der Waals surface area contributed by atoms with Gasteiger partial charge in [-0.15, -0.1) is 11.8 Å². The predicted molar refractivity (Wildman–Crippen MR) is 132 cm³/mol. The van der Waals surface area contributed by atoms with Crippen molar-refractivity contribution >= 4 is 36.0 Å². The molecule has 4 N–H and O–H groups in total. The van der Waals surface area contributed by atoms with Gasteiger partial charge in [-0.1, -0.05) is 18.2 Å². The number of hydrogen-bond donors (Lipinski definition) is 3. The van der Waals surface area contributed by atoms with Crippen LogP contribution in [0.15, 0.2) is 47.7 Å². The number of likely N-dealkylation sites (N-methyl/N-ethyl adjacent to an activating group) is 1. The van der Waals surface area contributed by atoms with Crippen molar-refractivity contribution in [2.24, 2.45) is 5.73 Å². The van der Waals surface area contributed by atoms with E-state index in [9.17, 15) is 24.3 Å². The van der Waals surface area contributed by atoms with Crippen molar-refractivity contribution in [3.05, 3.63) is 53.3 Å². The van der Waals surface area contributed by atoms with Crippen molar-refractivity contribution in [1.82, 2.24) is 10.2 Å². The zero-order valence-corrected chi connectivity index (χ0v) is 21.2. The number of aliphatic hydroxyl groups excluding tert-OH is 1. The number of esters is 1. The maximum atomic E-state index is 13.2. The van der Waals surface area contributed by atoms with E-state index in [4.69, 9.17) is 15.2 Å². The summed E-state index contributed by atoms with van der Waals surface area (Å²) in [6.07, 6.45) is 3.96. The highest BCUT2D eigenvalue weighted by Gasteiger charge is 2.53. The Morgan fingerprint density at radius 1 is 1.33 bits per heavy atom. The van der Waals surface area contributed by atoms with Gasteiger partial charge < -0.3 is 30.1 Å². The van der Waals surface area contributed by atoms with Crippen LogP contribution in [-0.2, 0) is 30.5 Å². The Balaban J connectivity index is 1.83. The van der Waals surface area contributed by atoms with Crippen LogP contribution in [-0.4, -0.2) is 96.3 Å². The fraction of sp³-hybridized carbons (Fsp3) is 0.417. The highest BCUT2D eigenvalue weighted by Crippen LogP contribution is 2.41. The second-order valence-corrected chi connectivity index (χ2v) is 10.0. The van der Waals surface area contributed by atoms with Gasteiger partial charge in [0.05, 0.1) is 27.7 Å². The summed E-state index contributed by atoms with van der Waals surface area (Å²) in [4.78, 5) is 49.9. The first-order valence-corrected chi connectivity index (χ1v) is 12.3. The molecular formula is C24H31N4O7S+. The molecule has 0 bridgehead atoms. The van der Waals surface area contributed by atoms with E-state index in [0.717, 1.165) is 5.56 Å². The van der Waals surface area contributed by atoms with Crippen LogP contribution in [0.25, 0.3) is 0 Å². The number of nitrogens with two attached hydrogens (primary N) is 1. The molecular weight excluding hydrogens is 488 g/mol. The highest BCUT2D eigenvalue weighted by molar-refractivity contribution is 8.00. The van der Waals surface area contributed by atoms with E-state index in [1.165, 1.54) is 16.7 Å². The average Bonchev–Trinajstić information content (AvgIpc) is 2.85. The smallest absolute Gasteiger partial charge is 0.355 e. The third-order valence-electron chi connectivity index (χ3n) is 6.21. The molecule has 0 aromatic heterocycles. The molecule has 194 valence electrons. The molecule has 36 heavy (non-hydrogen) atoms. The zero-order chi connectivity index (χ0) is 26.5. The Kier molecular flexibility index (Phi) is 8.77. The Bertz CT molecular complexity index is 1070. The monoisotopic (exact) mass is 519 g/mol.